The smallest absolute Gasteiger partial charge is 0.168 e. The van der Waals surface area contributed by atoms with Crippen molar-refractivity contribution in [2.45, 2.75) is 6.92 Å². The molecule has 4 nitrogen and oxygen atoms in total. The minimum Gasteiger partial charge on any atom is -0.504 e. The van der Waals surface area contributed by atoms with Crippen molar-refractivity contribution in [1.29, 1.82) is 0 Å². The highest BCUT2D eigenvalue weighted by Gasteiger charge is 2.13. The van der Waals surface area contributed by atoms with Gasteiger partial charge in [0.1, 0.15) is 5.82 Å². The van der Waals surface area contributed by atoms with Crippen LogP contribution in [-0.4, -0.2) is 21.7 Å². The van der Waals surface area contributed by atoms with Crippen molar-refractivity contribution in [1.82, 2.24) is 9.97 Å². The van der Waals surface area contributed by atoms with E-state index in [2.05, 4.69) is 9.97 Å². The summed E-state index contributed by atoms with van der Waals surface area (Å²) in [6, 6.07) is 15.3. The van der Waals surface area contributed by atoms with Gasteiger partial charge in [0.05, 0.1) is 17.9 Å². The number of nitrogens with zero attached hydrogens (tertiary/aromatic N) is 1. The Morgan fingerprint density at radius 1 is 1.10 bits per heavy atom. The third kappa shape index (κ3) is 2.60. The lowest BCUT2D eigenvalue weighted by Gasteiger charge is -2.08. The number of nitrogens with one attached hydrogen (secondary N) is 1. The highest BCUT2D eigenvalue weighted by atomic mass is 16.5. The topological polar surface area (TPSA) is 58.1 Å². The molecule has 3 rings (SSSR count). The molecule has 0 saturated heterocycles. The number of aromatic nitrogens is 2. The van der Waals surface area contributed by atoms with Crippen molar-refractivity contribution in [3.63, 3.8) is 0 Å². The fraction of sp³-hybridized carbons (Fsp3) is 0.118. The van der Waals surface area contributed by atoms with E-state index in [0.29, 0.717) is 23.7 Å². The molecule has 0 bridgehead atoms. The number of hydrogen-bond donors (Lipinski definition) is 2. The van der Waals surface area contributed by atoms with E-state index in [-0.39, 0.29) is 5.75 Å². The fourth-order valence-electron chi connectivity index (χ4n) is 2.20. The average molecular weight is 280 g/mol. The fourth-order valence-corrected chi connectivity index (χ4v) is 2.20. The van der Waals surface area contributed by atoms with Crippen LogP contribution in [0.1, 0.15) is 6.92 Å². The van der Waals surface area contributed by atoms with Crippen LogP contribution >= 0.6 is 0 Å². The Bertz CT molecular complexity index is 736. The van der Waals surface area contributed by atoms with Crippen molar-refractivity contribution in [2.24, 2.45) is 0 Å². The Balaban J connectivity index is 1.99. The van der Waals surface area contributed by atoms with Gasteiger partial charge in [-0.05, 0) is 19.1 Å². The molecule has 4 heteroatoms. The van der Waals surface area contributed by atoms with Crippen LogP contribution in [0.5, 0.6) is 11.5 Å². The maximum atomic E-state index is 10.3. The van der Waals surface area contributed by atoms with Crippen LogP contribution in [0, 0.1) is 0 Å². The number of aromatic amines is 1. The van der Waals surface area contributed by atoms with Gasteiger partial charge < -0.3 is 14.8 Å². The van der Waals surface area contributed by atoms with Gasteiger partial charge in [0.25, 0.3) is 0 Å². The quantitative estimate of drug-likeness (QED) is 0.763. The van der Waals surface area contributed by atoms with E-state index in [4.69, 9.17) is 4.74 Å². The largest absolute Gasteiger partial charge is 0.504 e. The number of para-hydroxylation sites is 1. The van der Waals surface area contributed by atoms with Gasteiger partial charge in [-0.1, -0.05) is 36.4 Å². The molecule has 0 amide bonds. The van der Waals surface area contributed by atoms with Gasteiger partial charge in [-0.3, -0.25) is 0 Å². The maximum Gasteiger partial charge on any atom is 0.168 e. The molecule has 0 fully saturated rings. The molecule has 2 N–H and O–H groups in total. The summed E-state index contributed by atoms with van der Waals surface area (Å²) in [5, 5.41) is 10.3. The molecule has 1 heterocycles. The molecule has 0 unspecified atom stereocenters. The van der Waals surface area contributed by atoms with Gasteiger partial charge in [-0.25, -0.2) is 4.98 Å². The van der Waals surface area contributed by atoms with E-state index < -0.39 is 0 Å². The SMILES string of the molecule is CCOc1cccc(-c2nc(-c3ccccc3)c[nH]2)c1O. The first-order valence-corrected chi connectivity index (χ1v) is 6.85. The second-order valence-electron chi connectivity index (χ2n) is 4.59. The van der Waals surface area contributed by atoms with E-state index in [0.717, 1.165) is 11.3 Å². The molecule has 0 aliphatic heterocycles. The maximum absolute atomic E-state index is 10.3. The molecule has 2 aromatic carbocycles. The van der Waals surface area contributed by atoms with Gasteiger partial charge in [-0.15, -0.1) is 0 Å². The van der Waals surface area contributed by atoms with Crippen molar-refractivity contribution < 1.29 is 9.84 Å². The first kappa shape index (κ1) is 13.2. The van der Waals surface area contributed by atoms with Gasteiger partial charge >= 0.3 is 0 Å². The number of phenolic OH excluding ortho intramolecular Hbond substituents is 1. The van der Waals surface area contributed by atoms with Crippen LogP contribution in [0.4, 0.5) is 0 Å². The summed E-state index contributed by atoms with van der Waals surface area (Å²) in [4.78, 5) is 7.65. The molecule has 0 saturated carbocycles. The Kier molecular flexibility index (Phi) is 3.60. The van der Waals surface area contributed by atoms with Crippen LogP contribution in [0.2, 0.25) is 0 Å². The third-order valence-electron chi connectivity index (χ3n) is 3.20. The number of H-pyrrole nitrogens is 1. The van der Waals surface area contributed by atoms with Crippen LogP contribution < -0.4 is 4.74 Å². The number of rotatable bonds is 4. The molecule has 0 spiro atoms. The highest BCUT2D eigenvalue weighted by molar-refractivity contribution is 5.71. The van der Waals surface area contributed by atoms with E-state index >= 15 is 0 Å². The van der Waals surface area contributed by atoms with Crippen LogP contribution in [0.15, 0.2) is 54.7 Å². The standard InChI is InChI=1S/C17H16N2O2/c1-2-21-15-10-6-9-13(16(15)20)17-18-11-14(19-17)12-7-4-3-5-8-12/h3-11,20H,2H2,1H3,(H,18,19). The lowest BCUT2D eigenvalue weighted by molar-refractivity contribution is 0.318. The minimum absolute atomic E-state index is 0.105. The predicted octanol–water partition coefficient (Wildman–Crippen LogP) is 3.85. The molecule has 0 aliphatic rings. The van der Waals surface area contributed by atoms with E-state index in [9.17, 15) is 5.11 Å². The van der Waals surface area contributed by atoms with Gasteiger partial charge in [-0.2, -0.15) is 0 Å². The Labute approximate surface area is 123 Å². The summed E-state index contributed by atoms with van der Waals surface area (Å²) in [7, 11) is 0. The number of phenols is 1. The van der Waals surface area contributed by atoms with Gasteiger partial charge in [0.15, 0.2) is 11.5 Å². The Hall–Kier alpha value is -2.75. The molecule has 0 radical (unpaired) electrons. The number of benzene rings is 2. The molecular formula is C17H16N2O2. The Morgan fingerprint density at radius 2 is 1.90 bits per heavy atom. The monoisotopic (exact) mass is 280 g/mol. The number of imidazole rings is 1. The Morgan fingerprint density at radius 3 is 2.67 bits per heavy atom. The summed E-state index contributed by atoms with van der Waals surface area (Å²) in [5.74, 6) is 1.19. The summed E-state index contributed by atoms with van der Waals surface area (Å²) < 4.78 is 5.40. The first-order valence-electron chi connectivity index (χ1n) is 6.85. The molecule has 21 heavy (non-hydrogen) atoms. The third-order valence-corrected chi connectivity index (χ3v) is 3.20. The van der Waals surface area contributed by atoms with Crippen LogP contribution in [-0.2, 0) is 0 Å². The number of ether oxygens (including phenoxy) is 1. The van der Waals surface area contributed by atoms with Gasteiger partial charge in [0, 0.05) is 11.8 Å². The zero-order valence-corrected chi connectivity index (χ0v) is 11.7. The molecule has 0 aliphatic carbocycles. The van der Waals surface area contributed by atoms with Gasteiger partial charge in [0.2, 0.25) is 0 Å². The average Bonchev–Trinajstić information content (AvgIpc) is 3.00. The number of hydrogen-bond acceptors (Lipinski definition) is 3. The molecule has 0 atom stereocenters. The van der Waals surface area contributed by atoms with Crippen molar-refractivity contribution in [2.75, 3.05) is 6.61 Å². The summed E-state index contributed by atoms with van der Waals surface area (Å²) >= 11 is 0. The zero-order valence-electron chi connectivity index (χ0n) is 11.7. The second-order valence-corrected chi connectivity index (χ2v) is 4.59. The summed E-state index contributed by atoms with van der Waals surface area (Å²) in [6.07, 6.45) is 1.83. The normalized spacial score (nSPS) is 10.5. The van der Waals surface area contributed by atoms with Crippen molar-refractivity contribution in [3.8, 4) is 34.1 Å². The van der Waals surface area contributed by atoms with E-state index in [1.165, 1.54) is 0 Å². The molecular weight excluding hydrogens is 264 g/mol. The second kappa shape index (κ2) is 5.71. The van der Waals surface area contributed by atoms with Crippen molar-refractivity contribution in [3.05, 3.63) is 54.7 Å². The first-order chi connectivity index (χ1) is 10.3. The summed E-state index contributed by atoms with van der Waals surface area (Å²) in [6.45, 7) is 2.39. The lowest BCUT2D eigenvalue weighted by Crippen LogP contribution is -1.93. The van der Waals surface area contributed by atoms with Crippen molar-refractivity contribution >= 4 is 0 Å². The lowest BCUT2D eigenvalue weighted by atomic mass is 10.1. The molecule has 106 valence electrons. The van der Waals surface area contributed by atoms with E-state index in [1.54, 1.807) is 6.07 Å². The van der Waals surface area contributed by atoms with E-state index in [1.807, 2.05) is 55.6 Å². The summed E-state index contributed by atoms with van der Waals surface area (Å²) in [5.41, 5.74) is 2.50. The number of aromatic hydroxyl groups is 1. The zero-order chi connectivity index (χ0) is 14.7. The minimum atomic E-state index is 0.105. The van der Waals surface area contributed by atoms with Crippen LogP contribution in [0.25, 0.3) is 22.6 Å². The molecule has 3 aromatic rings. The van der Waals surface area contributed by atoms with Crippen LogP contribution in [0.3, 0.4) is 0 Å². The predicted molar refractivity (Wildman–Crippen MR) is 82.3 cm³/mol. The highest BCUT2D eigenvalue weighted by Crippen LogP contribution is 2.36. The molecule has 1 aromatic heterocycles.